The maximum Gasteiger partial charge on any atom is 0.349 e. The van der Waals surface area contributed by atoms with Crippen molar-refractivity contribution in [1.29, 1.82) is 0 Å². The highest BCUT2D eigenvalue weighted by Crippen LogP contribution is 2.32. The minimum atomic E-state index is -0.965. The van der Waals surface area contributed by atoms with Gasteiger partial charge in [-0.15, -0.1) is 0 Å². The topological polar surface area (TPSA) is 55.8 Å². The van der Waals surface area contributed by atoms with E-state index < -0.39 is 18.0 Å². The number of carbonyl (C=O) groups excluding carboxylic acids is 2. The zero-order valence-corrected chi connectivity index (χ0v) is 14.1. The third-order valence-electron chi connectivity index (χ3n) is 4.16. The molecule has 1 aliphatic heterocycles. The van der Waals surface area contributed by atoms with Crippen molar-refractivity contribution in [1.82, 2.24) is 4.90 Å². The van der Waals surface area contributed by atoms with Gasteiger partial charge >= 0.3 is 11.9 Å². The van der Waals surface area contributed by atoms with E-state index in [2.05, 4.69) is 0 Å². The monoisotopic (exact) mass is 339 g/mol. The molecule has 3 rings (SSSR count). The Hall–Kier alpha value is -2.66. The zero-order valence-electron chi connectivity index (χ0n) is 14.1. The van der Waals surface area contributed by atoms with E-state index >= 15 is 0 Å². The van der Waals surface area contributed by atoms with Crippen LogP contribution in [0.4, 0.5) is 0 Å². The third-order valence-corrected chi connectivity index (χ3v) is 4.16. The van der Waals surface area contributed by atoms with Gasteiger partial charge in [-0.25, -0.2) is 4.79 Å². The van der Waals surface area contributed by atoms with Gasteiger partial charge in [0.15, 0.2) is 0 Å². The number of benzene rings is 2. The first-order valence-electron chi connectivity index (χ1n) is 8.38. The van der Waals surface area contributed by atoms with Gasteiger partial charge in [0.25, 0.3) is 0 Å². The van der Waals surface area contributed by atoms with Gasteiger partial charge in [-0.2, -0.15) is 0 Å². The van der Waals surface area contributed by atoms with Crippen LogP contribution in [0.1, 0.15) is 24.1 Å². The molecule has 5 heteroatoms. The molecule has 0 N–H and O–H groups in total. The van der Waals surface area contributed by atoms with E-state index in [1.807, 2.05) is 65.6 Å². The van der Waals surface area contributed by atoms with E-state index in [0.717, 1.165) is 11.1 Å². The third kappa shape index (κ3) is 4.06. The van der Waals surface area contributed by atoms with E-state index in [9.17, 15) is 9.59 Å². The average Bonchev–Trinajstić information content (AvgIpc) is 2.63. The highest BCUT2D eigenvalue weighted by atomic mass is 16.6. The molecule has 130 valence electrons. The summed E-state index contributed by atoms with van der Waals surface area (Å²) in [5.74, 6) is -0.927. The molecule has 1 heterocycles. The number of esters is 2. The Labute approximate surface area is 147 Å². The molecule has 25 heavy (non-hydrogen) atoms. The molecule has 2 aromatic rings. The van der Waals surface area contributed by atoms with E-state index in [4.69, 9.17) is 9.47 Å². The molecule has 1 saturated heterocycles. The molecule has 0 saturated carbocycles. The van der Waals surface area contributed by atoms with Crippen LogP contribution >= 0.6 is 0 Å². The quantitative estimate of drug-likeness (QED) is 0.784. The van der Waals surface area contributed by atoms with Crippen molar-refractivity contribution < 1.29 is 19.1 Å². The van der Waals surface area contributed by atoms with Crippen LogP contribution in [0.3, 0.4) is 0 Å². The number of ether oxygens (including phenoxy) is 2. The fraction of sp³-hybridized carbons (Fsp3) is 0.300. The lowest BCUT2D eigenvalue weighted by Gasteiger charge is -2.39. The highest BCUT2D eigenvalue weighted by Gasteiger charge is 2.43. The molecule has 0 spiro atoms. The average molecular weight is 339 g/mol. The lowest BCUT2D eigenvalue weighted by Crippen LogP contribution is -2.51. The minimum absolute atomic E-state index is 0.129. The van der Waals surface area contributed by atoms with Crippen molar-refractivity contribution in [3.8, 4) is 0 Å². The van der Waals surface area contributed by atoms with Gasteiger partial charge in [-0.3, -0.25) is 9.69 Å². The molecule has 0 aromatic heterocycles. The summed E-state index contributed by atoms with van der Waals surface area (Å²) >= 11 is 0. The Kier molecular flexibility index (Phi) is 5.46. The molecule has 0 bridgehead atoms. The predicted octanol–water partition coefficient (Wildman–Crippen LogP) is 2.72. The summed E-state index contributed by atoms with van der Waals surface area (Å²) in [5.41, 5.74) is 1.99. The SMILES string of the molecule is CCOC(=O)[C@@H]1OC(=O)CN(Cc2ccccc2)[C@@H]1c1ccccc1. The molecule has 0 aliphatic carbocycles. The van der Waals surface area contributed by atoms with Crippen molar-refractivity contribution in [2.24, 2.45) is 0 Å². The molecular weight excluding hydrogens is 318 g/mol. The number of hydrogen-bond acceptors (Lipinski definition) is 5. The van der Waals surface area contributed by atoms with Crippen molar-refractivity contribution in [3.05, 3.63) is 71.8 Å². The van der Waals surface area contributed by atoms with Gasteiger partial charge in [0, 0.05) is 6.54 Å². The first-order chi connectivity index (χ1) is 12.2. The fourth-order valence-electron chi connectivity index (χ4n) is 3.11. The van der Waals surface area contributed by atoms with E-state index in [1.54, 1.807) is 6.92 Å². The summed E-state index contributed by atoms with van der Waals surface area (Å²) in [6, 6.07) is 19.1. The van der Waals surface area contributed by atoms with Gasteiger partial charge in [0.1, 0.15) is 0 Å². The van der Waals surface area contributed by atoms with Gasteiger partial charge < -0.3 is 9.47 Å². The van der Waals surface area contributed by atoms with Crippen molar-refractivity contribution in [2.45, 2.75) is 25.6 Å². The summed E-state index contributed by atoms with van der Waals surface area (Å²) in [4.78, 5) is 26.5. The van der Waals surface area contributed by atoms with E-state index in [1.165, 1.54) is 0 Å². The maximum absolute atomic E-state index is 12.4. The van der Waals surface area contributed by atoms with Crippen LogP contribution in [-0.4, -0.2) is 36.1 Å². The number of morpholine rings is 1. The number of nitrogens with zero attached hydrogens (tertiary/aromatic N) is 1. The fourth-order valence-corrected chi connectivity index (χ4v) is 3.11. The molecular formula is C20H21NO4. The Bertz CT molecular complexity index is 717. The summed E-state index contributed by atoms with van der Waals surface area (Å²) in [5, 5.41) is 0. The molecule has 2 aromatic carbocycles. The smallest absolute Gasteiger partial charge is 0.349 e. The Morgan fingerprint density at radius 3 is 2.40 bits per heavy atom. The normalized spacial score (nSPS) is 20.8. The lowest BCUT2D eigenvalue weighted by molar-refractivity contribution is -0.183. The first-order valence-corrected chi connectivity index (χ1v) is 8.38. The predicted molar refractivity (Wildman–Crippen MR) is 92.5 cm³/mol. The molecule has 0 unspecified atom stereocenters. The molecule has 0 radical (unpaired) electrons. The summed E-state index contributed by atoms with van der Waals surface area (Å²) in [7, 11) is 0. The highest BCUT2D eigenvalue weighted by molar-refractivity contribution is 5.82. The summed E-state index contributed by atoms with van der Waals surface area (Å²) in [6.45, 7) is 2.66. The molecule has 5 nitrogen and oxygen atoms in total. The van der Waals surface area contributed by atoms with Crippen LogP contribution < -0.4 is 0 Å². The first kappa shape index (κ1) is 17.2. The van der Waals surface area contributed by atoms with Crippen molar-refractivity contribution in [3.63, 3.8) is 0 Å². The second-order valence-electron chi connectivity index (χ2n) is 5.91. The van der Waals surface area contributed by atoms with Crippen LogP contribution in [0.2, 0.25) is 0 Å². The number of carbonyl (C=O) groups is 2. The molecule has 2 atom stereocenters. The Morgan fingerprint density at radius 2 is 1.76 bits per heavy atom. The second kappa shape index (κ2) is 7.94. The van der Waals surface area contributed by atoms with Gasteiger partial charge in [-0.05, 0) is 18.1 Å². The number of hydrogen-bond donors (Lipinski definition) is 0. The van der Waals surface area contributed by atoms with Crippen molar-refractivity contribution >= 4 is 11.9 Å². The van der Waals surface area contributed by atoms with Gasteiger partial charge in [-0.1, -0.05) is 60.7 Å². The maximum atomic E-state index is 12.4. The Balaban J connectivity index is 1.94. The second-order valence-corrected chi connectivity index (χ2v) is 5.91. The van der Waals surface area contributed by atoms with Crippen LogP contribution in [0.5, 0.6) is 0 Å². The summed E-state index contributed by atoms with van der Waals surface area (Å²) < 4.78 is 10.5. The largest absolute Gasteiger partial charge is 0.463 e. The van der Waals surface area contributed by atoms with Gasteiger partial charge in [0.2, 0.25) is 6.10 Å². The van der Waals surface area contributed by atoms with Crippen LogP contribution in [0, 0.1) is 0 Å². The van der Waals surface area contributed by atoms with Gasteiger partial charge in [0.05, 0.1) is 19.2 Å². The lowest BCUT2D eigenvalue weighted by atomic mass is 9.97. The molecule has 0 amide bonds. The van der Waals surface area contributed by atoms with E-state index in [-0.39, 0.29) is 19.2 Å². The molecule has 1 aliphatic rings. The standard InChI is InChI=1S/C20H21NO4/c1-2-24-20(23)19-18(16-11-7-4-8-12-16)21(14-17(22)25-19)13-15-9-5-3-6-10-15/h3-12,18-19H,2,13-14H2,1H3/t18-,19-/m1/s1. The summed E-state index contributed by atoms with van der Waals surface area (Å²) in [6.07, 6.45) is -0.965. The molecule has 1 fully saturated rings. The van der Waals surface area contributed by atoms with Crippen molar-refractivity contribution in [2.75, 3.05) is 13.2 Å². The zero-order chi connectivity index (χ0) is 17.6. The Morgan fingerprint density at radius 1 is 1.12 bits per heavy atom. The minimum Gasteiger partial charge on any atom is -0.463 e. The van der Waals surface area contributed by atoms with E-state index in [0.29, 0.717) is 6.54 Å². The number of rotatable bonds is 5. The number of cyclic esters (lactones) is 1. The van der Waals surface area contributed by atoms with Crippen LogP contribution in [-0.2, 0) is 25.6 Å². The van der Waals surface area contributed by atoms with Crippen LogP contribution in [0.25, 0.3) is 0 Å². The van der Waals surface area contributed by atoms with Crippen LogP contribution in [0.15, 0.2) is 60.7 Å².